The summed E-state index contributed by atoms with van der Waals surface area (Å²) in [6, 6.07) is 0.357. The summed E-state index contributed by atoms with van der Waals surface area (Å²) in [6.07, 6.45) is 3.41. The molecule has 3 N–H and O–H groups in total. The van der Waals surface area contributed by atoms with Crippen molar-refractivity contribution in [1.29, 1.82) is 0 Å². The van der Waals surface area contributed by atoms with E-state index in [9.17, 15) is 8.42 Å². The molecule has 1 heterocycles. The van der Waals surface area contributed by atoms with Crippen molar-refractivity contribution in [3.05, 3.63) is 0 Å². The van der Waals surface area contributed by atoms with Crippen LogP contribution in [-0.2, 0) is 10.0 Å². The molecule has 108 valence electrons. The van der Waals surface area contributed by atoms with E-state index < -0.39 is 10.0 Å². The lowest BCUT2D eigenvalue weighted by Crippen LogP contribution is -2.24. The normalized spacial score (nSPS) is 22.7. The maximum atomic E-state index is 12.2. The summed E-state index contributed by atoms with van der Waals surface area (Å²) in [7, 11) is -0.562. The third-order valence-electron chi connectivity index (χ3n) is 3.31. The molecule has 1 aliphatic carbocycles. The Kier molecular flexibility index (Phi) is 4.03. The molecule has 0 amide bonds. The maximum absolute atomic E-state index is 12.2. The lowest BCUT2D eigenvalue weighted by Gasteiger charge is -2.12. The maximum Gasteiger partial charge on any atom is 0.249 e. The molecule has 1 aromatic heterocycles. The first-order valence-corrected chi connectivity index (χ1v) is 8.53. The van der Waals surface area contributed by atoms with Crippen LogP contribution in [0.5, 0.6) is 0 Å². The van der Waals surface area contributed by atoms with Crippen LogP contribution in [0.1, 0.15) is 26.2 Å². The Bertz CT molecular complexity index is 553. The van der Waals surface area contributed by atoms with Crippen molar-refractivity contribution in [3.8, 4) is 0 Å². The van der Waals surface area contributed by atoms with Gasteiger partial charge in [-0.25, -0.2) is 12.7 Å². The molecule has 19 heavy (non-hydrogen) atoms. The summed E-state index contributed by atoms with van der Waals surface area (Å²) in [5, 5.41) is 3.84. The Morgan fingerprint density at radius 2 is 2.21 bits per heavy atom. The molecule has 0 spiro atoms. The van der Waals surface area contributed by atoms with E-state index >= 15 is 0 Å². The van der Waals surface area contributed by atoms with Gasteiger partial charge < -0.3 is 11.1 Å². The van der Waals surface area contributed by atoms with Crippen LogP contribution in [-0.4, -0.2) is 37.2 Å². The lowest BCUT2D eigenvalue weighted by atomic mass is 10.2. The Balaban J connectivity index is 2.20. The molecule has 1 aliphatic rings. The molecule has 1 fully saturated rings. The predicted octanol–water partition coefficient (Wildman–Crippen LogP) is 1.58. The van der Waals surface area contributed by atoms with Gasteiger partial charge in [0.05, 0.1) is 0 Å². The minimum atomic E-state index is -3.55. The fourth-order valence-electron chi connectivity index (χ4n) is 2.10. The van der Waals surface area contributed by atoms with Crippen molar-refractivity contribution in [3.63, 3.8) is 0 Å². The zero-order chi connectivity index (χ0) is 14.2. The second kappa shape index (κ2) is 5.26. The number of hydrogen-bond donors (Lipinski definition) is 2. The first-order chi connectivity index (χ1) is 8.87. The molecule has 8 heteroatoms. The van der Waals surface area contributed by atoms with E-state index in [1.165, 1.54) is 20.5 Å². The second-order valence-corrected chi connectivity index (χ2v) is 7.91. The van der Waals surface area contributed by atoms with E-state index in [0.717, 1.165) is 28.7 Å². The molecule has 0 saturated heterocycles. The van der Waals surface area contributed by atoms with Crippen LogP contribution in [0.25, 0.3) is 0 Å². The van der Waals surface area contributed by atoms with Crippen LogP contribution in [0.4, 0.5) is 10.8 Å². The molecule has 0 radical (unpaired) electrons. The summed E-state index contributed by atoms with van der Waals surface area (Å²) in [5.74, 6) is 0.720. The van der Waals surface area contributed by atoms with Gasteiger partial charge in [0, 0.05) is 20.1 Å². The number of nitrogens with two attached hydrogens (primary N) is 1. The number of nitrogens with one attached hydrogen (secondary N) is 1. The summed E-state index contributed by atoms with van der Waals surface area (Å²) >= 11 is 1.12. The Morgan fingerprint density at radius 1 is 1.53 bits per heavy atom. The number of rotatable bonds is 6. The van der Waals surface area contributed by atoms with E-state index in [1.807, 2.05) is 0 Å². The highest BCUT2D eigenvalue weighted by Crippen LogP contribution is 2.41. The average Bonchev–Trinajstić information content (AvgIpc) is 2.92. The molecule has 2 atom stereocenters. The van der Waals surface area contributed by atoms with Crippen molar-refractivity contribution in [1.82, 2.24) is 8.68 Å². The standard InChI is InChI=1S/C11H20N4O2S2/c1-4-5-7-6-8(7)13-11-9(10(12)14-18-11)19(16,17)15(2)3/h7-8,13H,4-6H2,1-3H3,(H2,12,14). The molecule has 0 aliphatic heterocycles. The Labute approximate surface area is 118 Å². The van der Waals surface area contributed by atoms with Crippen molar-refractivity contribution >= 4 is 32.4 Å². The summed E-state index contributed by atoms with van der Waals surface area (Å²) < 4.78 is 29.6. The molecule has 1 aromatic rings. The highest BCUT2D eigenvalue weighted by Gasteiger charge is 2.38. The topological polar surface area (TPSA) is 88.3 Å². The van der Waals surface area contributed by atoms with E-state index in [-0.39, 0.29) is 10.7 Å². The third-order valence-corrected chi connectivity index (χ3v) is 6.12. The van der Waals surface area contributed by atoms with Crippen molar-refractivity contribution in [2.24, 2.45) is 5.92 Å². The van der Waals surface area contributed by atoms with E-state index in [2.05, 4.69) is 16.6 Å². The van der Waals surface area contributed by atoms with Crippen LogP contribution in [0.3, 0.4) is 0 Å². The van der Waals surface area contributed by atoms with E-state index in [1.54, 1.807) is 0 Å². The predicted molar refractivity (Wildman–Crippen MR) is 77.8 cm³/mol. The van der Waals surface area contributed by atoms with Crippen LogP contribution >= 0.6 is 11.5 Å². The summed E-state index contributed by atoms with van der Waals surface area (Å²) in [4.78, 5) is 0.115. The van der Waals surface area contributed by atoms with Gasteiger partial charge in [0.1, 0.15) is 5.00 Å². The summed E-state index contributed by atoms with van der Waals surface area (Å²) in [5.41, 5.74) is 5.71. The molecule has 2 unspecified atom stereocenters. The number of anilines is 2. The van der Waals surface area contributed by atoms with Crippen LogP contribution < -0.4 is 11.1 Å². The minimum Gasteiger partial charge on any atom is -0.382 e. The van der Waals surface area contributed by atoms with Crippen molar-refractivity contribution in [2.75, 3.05) is 25.1 Å². The first-order valence-electron chi connectivity index (χ1n) is 6.32. The van der Waals surface area contributed by atoms with E-state index in [4.69, 9.17) is 5.73 Å². The van der Waals surface area contributed by atoms with Gasteiger partial charge >= 0.3 is 0 Å². The van der Waals surface area contributed by atoms with Crippen LogP contribution in [0.15, 0.2) is 4.90 Å². The van der Waals surface area contributed by atoms with Gasteiger partial charge in [0.25, 0.3) is 0 Å². The molecule has 2 rings (SSSR count). The SMILES string of the molecule is CCCC1CC1Nc1snc(N)c1S(=O)(=O)N(C)C. The monoisotopic (exact) mass is 304 g/mol. The number of nitrogen functional groups attached to an aromatic ring is 1. The smallest absolute Gasteiger partial charge is 0.249 e. The number of sulfonamides is 1. The Morgan fingerprint density at radius 3 is 2.79 bits per heavy atom. The highest BCUT2D eigenvalue weighted by molar-refractivity contribution is 7.89. The van der Waals surface area contributed by atoms with Crippen molar-refractivity contribution < 1.29 is 8.42 Å². The first kappa shape index (κ1) is 14.5. The fourth-order valence-corrected chi connectivity index (χ4v) is 4.23. The van der Waals surface area contributed by atoms with Gasteiger partial charge in [-0.3, -0.25) is 0 Å². The number of nitrogens with zero attached hydrogens (tertiary/aromatic N) is 2. The average molecular weight is 304 g/mol. The molecule has 1 saturated carbocycles. The molecular formula is C11H20N4O2S2. The minimum absolute atomic E-state index is 0.0777. The zero-order valence-electron chi connectivity index (χ0n) is 11.4. The number of hydrogen-bond acceptors (Lipinski definition) is 6. The van der Waals surface area contributed by atoms with Crippen LogP contribution in [0.2, 0.25) is 0 Å². The summed E-state index contributed by atoms with van der Waals surface area (Å²) in [6.45, 7) is 2.15. The van der Waals surface area contributed by atoms with E-state index in [0.29, 0.717) is 17.0 Å². The van der Waals surface area contributed by atoms with Gasteiger partial charge in [-0.1, -0.05) is 13.3 Å². The van der Waals surface area contributed by atoms with Crippen molar-refractivity contribution in [2.45, 2.75) is 37.1 Å². The van der Waals surface area contributed by atoms with Crippen LogP contribution in [0, 0.1) is 5.92 Å². The van der Waals surface area contributed by atoms with Gasteiger partial charge in [-0.05, 0) is 30.3 Å². The van der Waals surface area contributed by atoms with Gasteiger partial charge in [0.15, 0.2) is 10.7 Å². The Hall–Kier alpha value is -0.860. The number of aromatic nitrogens is 1. The third kappa shape index (κ3) is 2.85. The molecule has 0 aromatic carbocycles. The van der Waals surface area contributed by atoms with Gasteiger partial charge in [0.2, 0.25) is 10.0 Å². The fraction of sp³-hybridized carbons (Fsp3) is 0.727. The highest BCUT2D eigenvalue weighted by atomic mass is 32.2. The largest absolute Gasteiger partial charge is 0.382 e. The zero-order valence-corrected chi connectivity index (χ0v) is 13.0. The quantitative estimate of drug-likeness (QED) is 0.833. The molecule has 0 bridgehead atoms. The lowest BCUT2D eigenvalue weighted by molar-refractivity contribution is 0.521. The second-order valence-electron chi connectivity index (χ2n) is 5.05. The molecule has 6 nitrogen and oxygen atoms in total. The van der Waals surface area contributed by atoms with Gasteiger partial charge in [-0.2, -0.15) is 4.37 Å². The van der Waals surface area contributed by atoms with Gasteiger partial charge in [-0.15, -0.1) is 0 Å². The molecular weight excluding hydrogens is 284 g/mol.